The molecule has 1 aromatic carbocycles. The zero-order valence-electron chi connectivity index (χ0n) is 12.7. The van der Waals surface area contributed by atoms with Gasteiger partial charge in [-0.3, -0.25) is 4.79 Å². The van der Waals surface area contributed by atoms with Crippen LogP contribution in [0.5, 0.6) is 0 Å². The molecule has 0 N–H and O–H groups in total. The number of hydrogen-bond donors (Lipinski definition) is 0. The van der Waals surface area contributed by atoms with Crippen LogP contribution in [0.25, 0.3) is 0 Å². The largest absolute Gasteiger partial charge is 0.464 e. The maximum Gasteiger partial charge on any atom is 0.290 e. The van der Waals surface area contributed by atoms with E-state index in [1.54, 1.807) is 29.2 Å². The van der Waals surface area contributed by atoms with Gasteiger partial charge in [-0.15, -0.1) is 0 Å². The van der Waals surface area contributed by atoms with Crippen molar-refractivity contribution in [2.75, 3.05) is 0 Å². The Labute approximate surface area is 133 Å². The molecule has 0 spiro atoms. The Hall–Kier alpha value is -2.82. The van der Waals surface area contributed by atoms with E-state index in [0.29, 0.717) is 18.8 Å². The van der Waals surface area contributed by atoms with Gasteiger partial charge in [-0.1, -0.05) is 12.1 Å². The smallest absolute Gasteiger partial charge is 0.290 e. The van der Waals surface area contributed by atoms with E-state index in [1.807, 2.05) is 19.1 Å². The van der Waals surface area contributed by atoms with Gasteiger partial charge in [0.15, 0.2) is 5.76 Å². The number of halogens is 1. The summed E-state index contributed by atoms with van der Waals surface area (Å²) >= 11 is 0. The third-order valence-electron chi connectivity index (χ3n) is 3.45. The van der Waals surface area contributed by atoms with E-state index in [-0.39, 0.29) is 17.5 Å². The Kier molecular flexibility index (Phi) is 4.28. The molecule has 0 aliphatic rings. The summed E-state index contributed by atoms with van der Waals surface area (Å²) in [5, 5.41) is 0. The average Bonchev–Trinajstić information content (AvgIpc) is 3.20. The molecule has 23 heavy (non-hydrogen) atoms. The number of aryl methyl sites for hydroxylation is 1. The third-order valence-corrected chi connectivity index (χ3v) is 3.45. The van der Waals surface area contributed by atoms with Crippen LogP contribution in [0.3, 0.4) is 0 Å². The summed E-state index contributed by atoms with van der Waals surface area (Å²) < 4.78 is 23.8. The van der Waals surface area contributed by atoms with Gasteiger partial charge in [-0.2, -0.15) is 0 Å². The Morgan fingerprint density at radius 1 is 1.09 bits per heavy atom. The molecule has 0 aliphatic heterocycles. The van der Waals surface area contributed by atoms with E-state index in [1.165, 1.54) is 18.4 Å². The number of furan rings is 2. The van der Waals surface area contributed by atoms with Crippen LogP contribution in [0.4, 0.5) is 4.39 Å². The van der Waals surface area contributed by atoms with Gasteiger partial charge < -0.3 is 13.7 Å². The first kappa shape index (κ1) is 15.1. The highest BCUT2D eigenvalue weighted by Gasteiger charge is 2.20. The normalized spacial score (nSPS) is 10.7. The number of benzene rings is 1. The first-order valence-electron chi connectivity index (χ1n) is 7.24. The van der Waals surface area contributed by atoms with Crippen molar-refractivity contribution in [2.45, 2.75) is 20.0 Å². The minimum Gasteiger partial charge on any atom is -0.464 e. The second-order valence-electron chi connectivity index (χ2n) is 5.28. The summed E-state index contributed by atoms with van der Waals surface area (Å²) in [7, 11) is 0. The topological polar surface area (TPSA) is 46.6 Å². The number of amides is 1. The molecule has 0 aliphatic carbocycles. The minimum atomic E-state index is -0.306. The SMILES string of the molecule is Cc1ccc(CN(Cc2ccc(F)cc2)C(=O)c2ccco2)o1. The average molecular weight is 313 g/mol. The van der Waals surface area contributed by atoms with Crippen molar-refractivity contribution in [1.82, 2.24) is 4.90 Å². The molecular weight excluding hydrogens is 297 g/mol. The Balaban J connectivity index is 1.83. The van der Waals surface area contributed by atoms with Gasteiger partial charge in [-0.05, 0) is 48.9 Å². The van der Waals surface area contributed by atoms with Crippen molar-refractivity contribution in [3.05, 3.63) is 83.5 Å². The van der Waals surface area contributed by atoms with Crippen LogP contribution in [0.1, 0.15) is 27.6 Å². The maximum atomic E-state index is 13.0. The van der Waals surface area contributed by atoms with E-state index in [9.17, 15) is 9.18 Å². The molecule has 2 aromatic heterocycles. The van der Waals surface area contributed by atoms with Gasteiger partial charge >= 0.3 is 0 Å². The van der Waals surface area contributed by atoms with Crippen LogP contribution in [0.15, 0.2) is 63.6 Å². The minimum absolute atomic E-state index is 0.242. The van der Waals surface area contributed by atoms with Crippen LogP contribution in [0.2, 0.25) is 0 Å². The Morgan fingerprint density at radius 2 is 1.87 bits per heavy atom. The van der Waals surface area contributed by atoms with Gasteiger partial charge in [0, 0.05) is 6.54 Å². The summed E-state index contributed by atoms with van der Waals surface area (Å²) in [5.41, 5.74) is 0.828. The molecule has 118 valence electrons. The number of rotatable bonds is 5. The maximum absolute atomic E-state index is 13.0. The van der Waals surface area contributed by atoms with Gasteiger partial charge in [-0.25, -0.2) is 4.39 Å². The second-order valence-corrected chi connectivity index (χ2v) is 5.28. The van der Waals surface area contributed by atoms with Gasteiger partial charge in [0.05, 0.1) is 12.8 Å². The second kappa shape index (κ2) is 6.52. The number of hydrogen-bond acceptors (Lipinski definition) is 3. The van der Waals surface area contributed by atoms with Crippen molar-refractivity contribution in [3.63, 3.8) is 0 Å². The van der Waals surface area contributed by atoms with Crippen molar-refractivity contribution in [2.24, 2.45) is 0 Å². The van der Waals surface area contributed by atoms with Gasteiger partial charge in [0.1, 0.15) is 17.3 Å². The highest BCUT2D eigenvalue weighted by molar-refractivity contribution is 5.91. The molecule has 0 fully saturated rings. The molecule has 0 atom stereocenters. The molecule has 4 nitrogen and oxygen atoms in total. The first-order chi connectivity index (χ1) is 11.1. The molecule has 0 radical (unpaired) electrons. The van der Waals surface area contributed by atoms with E-state index < -0.39 is 0 Å². The quantitative estimate of drug-likeness (QED) is 0.710. The van der Waals surface area contributed by atoms with E-state index in [2.05, 4.69) is 0 Å². The molecule has 0 saturated carbocycles. The van der Waals surface area contributed by atoms with Crippen LogP contribution >= 0.6 is 0 Å². The lowest BCUT2D eigenvalue weighted by atomic mass is 10.2. The lowest BCUT2D eigenvalue weighted by Crippen LogP contribution is -2.29. The molecule has 3 rings (SSSR count). The van der Waals surface area contributed by atoms with Crippen molar-refractivity contribution < 1.29 is 18.0 Å². The van der Waals surface area contributed by atoms with Crippen molar-refractivity contribution in [3.8, 4) is 0 Å². The van der Waals surface area contributed by atoms with Crippen LogP contribution in [-0.4, -0.2) is 10.8 Å². The summed E-state index contributed by atoms with van der Waals surface area (Å²) in [6, 6.07) is 13.0. The lowest BCUT2D eigenvalue weighted by molar-refractivity contribution is 0.0684. The zero-order chi connectivity index (χ0) is 16.2. The summed E-state index contributed by atoms with van der Waals surface area (Å²) in [6.07, 6.45) is 1.46. The standard InChI is InChI=1S/C18H16FNO3/c1-13-4-9-16(23-13)12-20(18(21)17-3-2-10-22-17)11-14-5-7-15(19)8-6-14/h2-10H,11-12H2,1H3. The summed E-state index contributed by atoms with van der Waals surface area (Å²) in [4.78, 5) is 14.2. The molecular formula is C18H16FNO3. The Bertz CT molecular complexity index is 775. The van der Waals surface area contributed by atoms with Crippen molar-refractivity contribution in [1.29, 1.82) is 0 Å². The van der Waals surface area contributed by atoms with Crippen molar-refractivity contribution >= 4 is 5.91 Å². The summed E-state index contributed by atoms with van der Waals surface area (Å²) in [5.74, 6) is 1.18. The van der Waals surface area contributed by atoms with Crippen LogP contribution in [-0.2, 0) is 13.1 Å². The fourth-order valence-electron chi connectivity index (χ4n) is 2.32. The van der Waals surface area contributed by atoms with Crippen LogP contribution in [0, 0.1) is 12.7 Å². The van der Waals surface area contributed by atoms with E-state index >= 15 is 0 Å². The fourth-order valence-corrected chi connectivity index (χ4v) is 2.32. The predicted octanol–water partition coefficient (Wildman–Crippen LogP) is 4.16. The first-order valence-corrected chi connectivity index (χ1v) is 7.24. The molecule has 0 bridgehead atoms. The zero-order valence-corrected chi connectivity index (χ0v) is 12.7. The molecule has 0 unspecified atom stereocenters. The highest BCUT2D eigenvalue weighted by atomic mass is 19.1. The lowest BCUT2D eigenvalue weighted by Gasteiger charge is -2.20. The monoisotopic (exact) mass is 313 g/mol. The molecule has 2 heterocycles. The van der Waals surface area contributed by atoms with E-state index in [0.717, 1.165) is 11.3 Å². The number of carbonyl (C=O) groups is 1. The third kappa shape index (κ3) is 3.69. The van der Waals surface area contributed by atoms with Crippen LogP contribution < -0.4 is 0 Å². The molecule has 5 heteroatoms. The number of carbonyl (C=O) groups excluding carboxylic acids is 1. The van der Waals surface area contributed by atoms with Gasteiger partial charge in [0.25, 0.3) is 5.91 Å². The summed E-state index contributed by atoms with van der Waals surface area (Å²) in [6.45, 7) is 2.49. The number of nitrogens with zero attached hydrogens (tertiary/aromatic N) is 1. The Morgan fingerprint density at radius 3 is 2.48 bits per heavy atom. The van der Waals surface area contributed by atoms with Gasteiger partial charge in [0.2, 0.25) is 0 Å². The molecule has 1 amide bonds. The fraction of sp³-hybridized carbons (Fsp3) is 0.167. The molecule has 3 aromatic rings. The highest BCUT2D eigenvalue weighted by Crippen LogP contribution is 2.16. The molecule has 0 saturated heterocycles. The van der Waals surface area contributed by atoms with E-state index in [4.69, 9.17) is 8.83 Å². The predicted molar refractivity (Wildman–Crippen MR) is 82.1 cm³/mol.